The highest BCUT2D eigenvalue weighted by Gasteiger charge is 2.25. The van der Waals surface area contributed by atoms with E-state index < -0.39 is 0 Å². The van der Waals surface area contributed by atoms with Gasteiger partial charge in [-0.15, -0.1) is 0 Å². The van der Waals surface area contributed by atoms with Crippen LogP contribution in [-0.4, -0.2) is 39.1 Å². The van der Waals surface area contributed by atoms with Gasteiger partial charge in [0.05, 0.1) is 0 Å². The van der Waals surface area contributed by atoms with Crippen molar-refractivity contribution in [2.75, 3.05) is 13.1 Å². The van der Waals surface area contributed by atoms with Crippen LogP contribution in [0, 0.1) is 19.8 Å². The van der Waals surface area contributed by atoms with Crippen molar-refractivity contribution in [3.63, 3.8) is 0 Å². The van der Waals surface area contributed by atoms with Gasteiger partial charge in [0.15, 0.2) is 5.82 Å². The monoisotopic (exact) mass is 329 g/mol. The van der Waals surface area contributed by atoms with Crippen molar-refractivity contribution >= 4 is 6.03 Å². The number of rotatable bonds is 4. The molecule has 1 N–H and O–H groups in total. The maximum Gasteiger partial charge on any atom is 0.317 e. The topological polar surface area (TPSA) is 84.2 Å². The number of hydrogen-bond donors (Lipinski definition) is 1. The lowest BCUT2D eigenvalue weighted by molar-refractivity contribution is 0.164. The minimum absolute atomic E-state index is 0.0137. The molecule has 0 aliphatic carbocycles. The third kappa shape index (κ3) is 4.10. The Hall–Kier alpha value is -2.44. The number of urea groups is 1. The summed E-state index contributed by atoms with van der Waals surface area (Å²) in [6.45, 7) is 5.84. The van der Waals surface area contributed by atoms with Crippen LogP contribution < -0.4 is 5.32 Å². The van der Waals surface area contributed by atoms with E-state index in [0.29, 0.717) is 18.4 Å². The third-order valence-corrected chi connectivity index (χ3v) is 4.41. The molecule has 24 heavy (non-hydrogen) atoms. The molecule has 1 atom stereocenters. The van der Waals surface area contributed by atoms with E-state index in [-0.39, 0.29) is 6.03 Å². The summed E-state index contributed by atoms with van der Waals surface area (Å²) in [7, 11) is 0. The number of amides is 2. The van der Waals surface area contributed by atoms with Crippen LogP contribution in [0.3, 0.4) is 0 Å². The van der Waals surface area contributed by atoms with E-state index in [1.807, 2.05) is 24.1 Å². The Morgan fingerprint density at radius 1 is 1.46 bits per heavy atom. The Bertz CT molecular complexity index is 700. The molecule has 1 aliphatic heterocycles. The summed E-state index contributed by atoms with van der Waals surface area (Å²) < 4.78 is 5.02. The maximum atomic E-state index is 12.4. The van der Waals surface area contributed by atoms with Crippen LogP contribution >= 0.6 is 0 Å². The molecule has 2 amide bonds. The molecule has 7 nitrogen and oxygen atoms in total. The number of piperidine rings is 1. The first-order chi connectivity index (χ1) is 11.6. The van der Waals surface area contributed by atoms with Crippen molar-refractivity contribution in [1.29, 1.82) is 0 Å². The first-order valence-corrected chi connectivity index (χ1v) is 8.33. The molecule has 2 aromatic rings. The van der Waals surface area contributed by atoms with Gasteiger partial charge in [-0.3, -0.25) is 4.98 Å². The number of nitrogens with zero attached hydrogens (tertiary/aromatic N) is 4. The van der Waals surface area contributed by atoms with Crippen LogP contribution in [0.25, 0.3) is 0 Å². The SMILES string of the molecule is Cc1nc(C[C@@H]2CCCN(C(=O)NCc3ccncc3C)C2)no1. The van der Waals surface area contributed by atoms with Crippen molar-refractivity contribution in [2.24, 2.45) is 5.92 Å². The van der Waals surface area contributed by atoms with Crippen molar-refractivity contribution in [2.45, 2.75) is 39.7 Å². The lowest BCUT2D eigenvalue weighted by Crippen LogP contribution is -2.45. The largest absolute Gasteiger partial charge is 0.340 e. The highest BCUT2D eigenvalue weighted by atomic mass is 16.5. The summed E-state index contributed by atoms with van der Waals surface area (Å²) in [6, 6.07) is 1.92. The van der Waals surface area contributed by atoms with Gasteiger partial charge in [0.2, 0.25) is 5.89 Å². The second-order valence-electron chi connectivity index (χ2n) is 6.35. The van der Waals surface area contributed by atoms with Crippen LogP contribution in [0.1, 0.15) is 35.7 Å². The maximum absolute atomic E-state index is 12.4. The summed E-state index contributed by atoms with van der Waals surface area (Å²) in [5, 5.41) is 6.96. The number of carbonyl (C=O) groups is 1. The molecule has 0 bridgehead atoms. The number of carbonyl (C=O) groups excluding carboxylic acids is 1. The standard InChI is InChI=1S/C17H23N5O2/c1-12-9-18-6-5-15(12)10-19-17(23)22-7-3-4-14(11-22)8-16-20-13(2)24-21-16/h5-6,9,14H,3-4,7-8,10-11H2,1-2H3,(H,19,23)/t14-/m0/s1. The van der Waals surface area contributed by atoms with Crippen LogP contribution in [0.4, 0.5) is 4.79 Å². The second kappa shape index (κ2) is 7.42. The van der Waals surface area contributed by atoms with Gasteiger partial charge in [-0.25, -0.2) is 4.79 Å². The Kier molecular flexibility index (Phi) is 5.08. The summed E-state index contributed by atoms with van der Waals surface area (Å²) >= 11 is 0. The fraction of sp³-hybridized carbons (Fsp3) is 0.529. The second-order valence-corrected chi connectivity index (χ2v) is 6.35. The Labute approximate surface area is 141 Å². The average molecular weight is 329 g/mol. The van der Waals surface area contributed by atoms with Gasteiger partial charge in [-0.05, 0) is 42.9 Å². The molecule has 0 aromatic carbocycles. The molecular weight excluding hydrogens is 306 g/mol. The first-order valence-electron chi connectivity index (χ1n) is 8.33. The normalized spacial score (nSPS) is 17.8. The molecule has 0 spiro atoms. The predicted octanol–water partition coefficient (Wildman–Crippen LogP) is 2.25. The third-order valence-electron chi connectivity index (χ3n) is 4.41. The van der Waals surface area contributed by atoms with Crippen molar-refractivity contribution in [1.82, 2.24) is 25.3 Å². The first kappa shape index (κ1) is 16.4. The highest BCUT2D eigenvalue weighted by molar-refractivity contribution is 5.74. The average Bonchev–Trinajstić information content (AvgIpc) is 2.99. The summed E-state index contributed by atoms with van der Waals surface area (Å²) in [4.78, 5) is 22.6. The number of aromatic nitrogens is 3. The van der Waals surface area contributed by atoms with E-state index in [4.69, 9.17) is 4.52 Å². The van der Waals surface area contributed by atoms with Gasteiger partial charge in [0, 0.05) is 45.4 Å². The van der Waals surface area contributed by atoms with Gasteiger partial charge in [0.25, 0.3) is 0 Å². The molecule has 1 saturated heterocycles. The van der Waals surface area contributed by atoms with Gasteiger partial charge in [-0.2, -0.15) is 4.98 Å². The van der Waals surface area contributed by atoms with E-state index in [1.54, 1.807) is 13.1 Å². The van der Waals surface area contributed by atoms with Crippen LogP contribution in [0.5, 0.6) is 0 Å². The molecule has 2 aromatic heterocycles. The molecule has 7 heteroatoms. The van der Waals surface area contributed by atoms with Gasteiger partial charge >= 0.3 is 6.03 Å². The lowest BCUT2D eigenvalue weighted by atomic mass is 9.95. The van der Waals surface area contributed by atoms with E-state index in [2.05, 4.69) is 20.4 Å². The van der Waals surface area contributed by atoms with Crippen LogP contribution in [0.15, 0.2) is 23.0 Å². The highest BCUT2D eigenvalue weighted by Crippen LogP contribution is 2.20. The van der Waals surface area contributed by atoms with Crippen molar-refractivity contribution < 1.29 is 9.32 Å². The number of pyridine rings is 1. The van der Waals surface area contributed by atoms with Crippen LogP contribution in [0.2, 0.25) is 0 Å². The fourth-order valence-corrected chi connectivity index (χ4v) is 3.08. The zero-order valence-corrected chi connectivity index (χ0v) is 14.2. The quantitative estimate of drug-likeness (QED) is 0.930. The number of nitrogens with one attached hydrogen (secondary N) is 1. The van der Waals surface area contributed by atoms with Gasteiger partial charge in [-0.1, -0.05) is 5.16 Å². The van der Waals surface area contributed by atoms with Crippen LogP contribution in [-0.2, 0) is 13.0 Å². The van der Waals surface area contributed by atoms with Gasteiger partial charge < -0.3 is 14.7 Å². The minimum Gasteiger partial charge on any atom is -0.340 e. The molecular formula is C17H23N5O2. The van der Waals surface area contributed by atoms with Gasteiger partial charge in [0.1, 0.15) is 0 Å². The van der Waals surface area contributed by atoms with Crippen molar-refractivity contribution in [3.05, 3.63) is 41.3 Å². The van der Waals surface area contributed by atoms with E-state index in [1.165, 1.54) is 0 Å². The smallest absolute Gasteiger partial charge is 0.317 e. The zero-order chi connectivity index (χ0) is 16.9. The summed E-state index contributed by atoms with van der Waals surface area (Å²) in [5.41, 5.74) is 2.18. The Balaban J connectivity index is 1.52. The Morgan fingerprint density at radius 2 is 2.33 bits per heavy atom. The Morgan fingerprint density at radius 3 is 3.08 bits per heavy atom. The fourth-order valence-electron chi connectivity index (χ4n) is 3.08. The summed E-state index contributed by atoms with van der Waals surface area (Å²) in [5.74, 6) is 1.69. The lowest BCUT2D eigenvalue weighted by Gasteiger charge is -2.32. The summed E-state index contributed by atoms with van der Waals surface area (Å²) in [6.07, 6.45) is 6.40. The number of hydrogen-bond acceptors (Lipinski definition) is 5. The predicted molar refractivity (Wildman–Crippen MR) is 88.2 cm³/mol. The number of aryl methyl sites for hydroxylation is 2. The van der Waals surface area contributed by atoms with Crippen molar-refractivity contribution in [3.8, 4) is 0 Å². The minimum atomic E-state index is -0.0137. The molecule has 0 unspecified atom stereocenters. The van der Waals surface area contributed by atoms with E-state index in [9.17, 15) is 4.79 Å². The van der Waals surface area contributed by atoms with E-state index >= 15 is 0 Å². The molecule has 3 heterocycles. The molecule has 128 valence electrons. The zero-order valence-electron chi connectivity index (χ0n) is 14.2. The molecule has 1 aliphatic rings. The molecule has 3 rings (SSSR count). The van der Waals surface area contributed by atoms with E-state index in [0.717, 1.165) is 49.3 Å². The molecule has 1 fully saturated rings. The molecule has 0 radical (unpaired) electrons. The molecule has 0 saturated carbocycles. The number of likely N-dealkylation sites (tertiary alicyclic amines) is 1.